The molecule has 0 aliphatic carbocycles. The van der Waals surface area contributed by atoms with Gasteiger partial charge in [-0.3, -0.25) is 19.4 Å². The fraction of sp³-hybridized carbons (Fsp3) is 0.316. The molecule has 11 nitrogen and oxygen atoms in total. The van der Waals surface area contributed by atoms with Gasteiger partial charge < -0.3 is 24.4 Å². The third kappa shape index (κ3) is 9.30. The van der Waals surface area contributed by atoms with Crippen molar-refractivity contribution in [3.8, 4) is 5.75 Å². The van der Waals surface area contributed by atoms with Crippen molar-refractivity contribution in [3.63, 3.8) is 0 Å². The SMILES string of the molecule is COC(=O)c1cc(C)c(OC(=O)CCCc2ccc(NC(=O)C3C=CC(C)=NC3c3ccc(C(F)(F)F)cc3)c(C(=O)N(C)C)c2)c(C(=O)OC)c1. The standard InChI is InChI=1S/C38H38F3N3O8/c1-21-18-25(36(48)50-5)20-29(37(49)51-6)33(21)52-31(45)9-7-8-23-11-17-30(28(19-23)35(47)44(3)4)43-34(46)27-16-10-22(2)42-32(27)24-12-14-26(15-13-24)38(39,40)41/h10-20,27,32H,7-9H2,1-6H3,(H,43,46). The maximum absolute atomic E-state index is 13.6. The lowest BCUT2D eigenvalue weighted by molar-refractivity contribution is -0.137. The number of halogens is 3. The van der Waals surface area contributed by atoms with Crippen LogP contribution < -0.4 is 10.1 Å². The number of amides is 2. The number of methoxy groups -OCH3 is 2. The van der Waals surface area contributed by atoms with E-state index in [1.165, 1.54) is 36.3 Å². The lowest BCUT2D eigenvalue weighted by Crippen LogP contribution is -2.30. The molecule has 2 unspecified atom stereocenters. The van der Waals surface area contributed by atoms with Gasteiger partial charge in [0.1, 0.15) is 11.3 Å². The number of alkyl halides is 3. The Morgan fingerprint density at radius 3 is 2.17 bits per heavy atom. The average Bonchev–Trinajstić information content (AvgIpc) is 3.11. The molecule has 0 fully saturated rings. The average molecular weight is 722 g/mol. The van der Waals surface area contributed by atoms with Crippen LogP contribution in [0, 0.1) is 12.8 Å². The number of carbonyl (C=O) groups is 5. The Labute approximate surface area is 298 Å². The van der Waals surface area contributed by atoms with E-state index in [2.05, 4.69) is 10.3 Å². The van der Waals surface area contributed by atoms with E-state index >= 15 is 0 Å². The molecule has 52 heavy (non-hydrogen) atoms. The van der Waals surface area contributed by atoms with E-state index in [1.54, 1.807) is 58.3 Å². The Morgan fingerprint density at radius 2 is 1.56 bits per heavy atom. The van der Waals surface area contributed by atoms with E-state index in [-0.39, 0.29) is 34.5 Å². The first-order chi connectivity index (χ1) is 24.5. The quantitative estimate of drug-likeness (QED) is 0.174. The molecular weight excluding hydrogens is 683 g/mol. The first-order valence-corrected chi connectivity index (χ1v) is 16.1. The van der Waals surface area contributed by atoms with Crippen molar-refractivity contribution in [2.24, 2.45) is 10.9 Å². The smallest absolute Gasteiger partial charge is 0.416 e. The van der Waals surface area contributed by atoms with Gasteiger partial charge in [0.15, 0.2) is 0 Å². The number of esters is 3. The molecule has 1 heterocycles. The lowest BCUT2D eigenvalue weighted by atomic mass is 9.89. The summed E-state index contributed by atoms with van der Waals surface area (Å²) < 4.78 is 54.5. The Hall–Kier alpha value is -5.79. The largest absolute Gasteiger partial charge is 0.465 e. The van der Waals surface area contributed by atoms with Gasteiger partial charge >= 0.3 is 24.1 Å². The zero-order valence-electron chi connectivity index (χ0n) is 29.4. The maximum atomic E-state index is 13.6. The second-order valence-electron chi connectivity index (χ2n) is 12.3. The van der Waals surface area contributed by atoms with Crippen molar-refractivity contribution in [2.75, 3.05) is 33.6 Å². The van der Waals surface area contributed by atoms with Crippen molar-refractivity contribution in [1.29, 1.82) is 0 Å². The van der Waals surface area contributed by atoms with Gasteiger partial charge in [0.05, 0.1) is 48.6 Å². The number of dihydropyridines is 1. The van der Waals surface area contributed by atoms with Gasteiger partial charge in [-0.25, -0.2) is 9.59 Å². The molecule has 0 saturated carbocycles. The third-order valence-corrected chi connectivity index (χ3v) is 8.25. The van der Waals surface area contributed by atoms with Crippen molar-refractivity contribution in [3.05, 3.63) is 106 Å². The predicted molar refractivity (Wildman–Crippen MR) is 185 cm³/mol. The molecule has 0 bridgehead atoms. The normalized spacial score (nSPS) is 15.3. The Morgan fingerprint density at radius 1 is 0.885 bits per heavy atom. The van der Waals surface area contributed by atoms with Gasteiger partial charge in [-0.1, -0.05) is 24.3 Å². The topological polar surface area (TPSA) is 141 Å². The number of benzene rings is 3. The van der Waals surface area contributed by atoms with Crippen LogP contribution in [0.5, 0.6) is 5.75 Å². The van der Waals surface area contributed by atoms with Crippen LogP contribution in [0.3, 0.4) is 0 Å². The molecule has 1 aliphatic heterocycles. The highest BCUT2D eigenvalue weighted by molar-refractivity contribution is 6.05. The van der Waals surface area contributed by atoms with E-state index in [9.17, 15) is 37.1 Å². The summed E-state index contributed by atoms with van der Waals surface area (Å²) in [7, 11) is 5.46. The number of rotatable bonds is 11. The summed E-state index contributed by atoms with van der Waals surface area (Å²) in [4.78, 5) is 70.1. The number of allylic oxidation sites excluding steroid dienone is 1. The molecule has 3 aromatic carbocycles. The van der Waals surface area contributed by atoms with Gasteiger partial charge in [0, 0.05) is 26.2 Å². The lowest BCUT2D eigenvalue weighted by Gasteiger charge is -2.25. The highest BCUT2D eigenvalue weighted by Crippen LogP contribution is 2.35. The van der Waals surface area contributed by atoms with Gasteiger partial charge in [-0.2, -0.15) is 13.2 Å². The number of carbonyl (C=O) groups excluding carboxylic acids is 5. The van der Waals surface area contributed by atoms with Crippen molar-refractivity contribution in [1.82, 2.24) is 4.90 Å². The highest BCUT2D eigenvalue weighted by Gasteiger charge is 2.33. The predicted octanol–water partition coefficient (Wildman–Crippen LogP) is 6.54. The van der Waals surface area contributed by atoms with Crippen LogP contribution in [0.15, 0.2) is 71.7 Å². The highest BCUT2D eigenvalue weighted by atomic mass is 19.4. The molecule has 1 N–H and O–H groups in total. The van der Waals surface area contributed by atoms with Crippen molar-refractivity contribution >= 4 is 41.1 Å². The molecule has 0 spiro atoms. The fourth-order valence-corrected chi connectivity index (χ4v) is 5.57. The van der Waals surface area contributed by atoms with Gasteiger partial charge in [0.2, 0.25) is 5.91 Å². The number of aryl methyl sites for hydroxylation is 2. The van der Waals surface area contributed by atoms with Crippen molar-refractivity contribution in [2.45, 2.75) is 45.3 Å². The zero-order valence-corrected chi connectivity index (χ0v) is 29.4. The van der Waals surface area contributed by atoms with Gasteiger partial charge in [-0.15, -0.1) is 0 Å². The minimum atomic E-state index is -4.51. The summed E-state index contributed by atoms with van der Waals surface area (Å²) in [6.07, 6.45) is -0.651. The number of hydrogen-bond donors (Lipinski definition) is 1. The summed E-state index contributed by atoms with van der Waals surface area (Å²) in [5.74, 6) is -3.97. The van der Waals surface area contributed by atoms with E-state index in [0.717, 1.165) is 19.2 Å². The molecule has 3 aromatic rings. The van der Waals surface area contributed by atoms with Crippen LogP contribution in [0.2, 0.25) is 0 Å². The van der Waals surface area contributed by atoms with Crippen LogP contribution >= 0.6 is 0 Å². The molecule has 2 amide bonds. The summed E-state index contributed by atoms with van der Waals surface area (Å²) in [5, 5.41) is 2.81. The van der Waals surface area contributed by atoms with Crippen LogP contribution in [-0.4, -0.2) is 68.6 Å². The van der Waals surface area contributed by atoms with Crippen LogP contribution in [-0.2, 0) is 31.7 Å². The summed E-state index contributed by atoms with van der Waals surface area (Å²) >= 11 is 0. The van der Waals surface area contributed by atoms with E-state index in [0.29, 0.717) is 35.2 Å². The minimum Gasteiger partial charge on any atom is -0.465 e. The number of nitrogens with one attached hydrogen (secondary N) is 1. The van der Waals surface area contributed by atoms with E-state index < -0.39 is 53.4 Å². The Bertz CT molecular complexity index is 1930. The Kier molecular flexibility index (Phi) is 12.4. The molecule has 2 atom stereocenters. The summed E-state index contributed by atoms with van der Waals surface area (Å²) in [6, 6.07) is 11.2. The molecule has 0 aromatic heterocycles. The molecular formula is C38H38F3N3O8. The number of nitrogens with zero attached hydrogens (tertiary/aromatic N) is 2. The van der Waals surface area contributed by atoms with E-state index in [1.807, 2.05) is 0 Å². The van der Waals surface area contributed by atoms with Crippen LogP contribution in [0.1, 0.15) is 79.1 Å². The summed E-state index contributed by atoms with van der Waals surface area (Å²) in [6.45, 7) is 3.29. The molecule has 14 heteroatoms. The van der Waals surface area contributed by atoms with Gasteiger partial charge in [0.25, 0.3) is 5.91 Å². The first-order valence-electron chi connectivity index (χ1n) is 16.1. The second-order valence-corrected chi connectivity index (χ2v) is 12.3. The Balaban J connectivity index is 1.49. The van der Waals surface area contributed by atoms with Crippen LogP contribution in [0.25, 0.3) is 0 Å². The van der Waals surface area contributed by atoms with Gasteiger partial charge in [-0.05, 0) is 85.9 Å². The van der Waals surface area contributed by atoms with E-state index in [4.69, 9.17) is 14.2 Å². The minimum absolute atomic E-state index is 0.0438. The molecule has 0 saturated heterocycles. The number of hydrogen-bond acceptors (Lipinski definition) is 9. The maximum Gasteiger partial charge on any atom is 0.416 e. The zero-order chi connectivity index (χ0) is 38.3. The number of anilines is 1. The third-order valence-electron chi connectivity index (χ3n) is 8.25. The monoisotopic (exact) mass is 721 g/mol. The van der Waals surface area contributed by atoms with Crippen molar-refractivity contribution < 1.29 is 51.4 Å². The fourth-order valence-electron chi connectivity index (χ4n) is 5.57. The number of aliphatic imine (C=N–C) groups is 1. The van der Waals surface area contributed by atoms with Crippen LogP contribution in [0.4, 0.5) is 18.9 Å². The molecule has 274 valence electrons. The molecule has 1 aliphatic rings. The molecule has 4 rings (SSSR count). The first kappa shape index (κ1) is 39.0. The number of ether oxygens (including phenoxy) is 3. The second kappa shape index (κ2) is 16.5. The summed E-state index contributed by atoms with van der Waals surface area (Å²) in [5.41, 5.74) is 1.61. The molecule has 0 radical (unpaired) electrons.